The molecule has 2 aliphatic rings. The summed E-state index contributed by atoms with van der Waals surface area (Å²) in [5.41, 5.74) is 0.489. The molecule has 1 saturated carbocycles. The van der Waals surface area contributed by atoms with Gasteiger partial charge in [-0.3, -0.25) is 9.59 Å². The van der Waals surface area contributed by atoms with E-state index < -0.39 is 17.5 Å². The number of halogens is 2. The van der Waals surface area contributed by atoms with E-state index in [0.29, 0.717) is 37.1 Å². The minimum absolute atomic E-state index is 0.0708. The molecule has 2 aromatic carbocycles. The summed E-state index contributed by atoms with van der Waals surface area (Å²) in [4.78, 5) is 26.2. The van der Waals surface area contributed by atoms with Gasteiger partial charge >= 0.3 is 0 Å². The second-order valence-corrected chi connectivity index (χ2v) is 7.97. The van der Waals surface area contributed by atoms with Crippen LogP contribution in [0.4, 0.5) is 8.78 Å². The largest absolute Gasteiger partial charge is 0.493 e. The van der Waals surface area contributed by atoms with Crippen molar-refractivity contribution in [3.05, 3.63) is 65.2 Å². The third kappa shape index (κ3) is 4.96. The third-order valence-electron chi connectivity index (χ3n) is 5.48. The van der Waals surface area contributed by atoms with Gasteiger partial charge in [-0.25, -0.2) is 8.78 Å². The van der Waals surface area contributed by atoms with Crippen molar-refractivity contribution >= 4 is 11.8 Å². The van der Waals surface area contributed by atoms with E-state index in [-0.39, 0.29) is 17.4 Å². The summed E-state index contributed by atoms with van der Waals surface area (Å²) in [5, 5.41) is 2.94. The molecule has 2 amide bonds. The van der Waals surface area contributed by atoms with Crippen molar-refractivity contribution in [1.82, 2.24) is 10.2 Å². The Hall–Kier alpha value is -2.96. The predicted octanol–water partition coefficient (Wildman–Crippen LogP) is 3.79. The Bertz CT molecular complexity index is 929. The Balaban J connectivity index is 1.30. The summed E-state index contributed by atoms with van der Waals surface area (Å²) < 4.78 is 32.9. The van der Waals surface area contributed by atoms with Crippen LogP contribution in [0, 0.1) is 17.6 Å². The first-order valence-corrected chi connectivity index (χ1v) is 10.3. The summed E-state index contributed by atoms with van der Waals surface area (Å²) in [5.74, 6) is -1.27. The number of carbonyl (C=O) groups excluding carboxylic acids is 2. The van der Waals surface area contributed by atoms with Gasteiger partial charge in [0.2, 0.25) is 0 Å². The number of benzene rings is 2. The molecule has 1 heterocycles. The predicted molar refractivity (Wildman–Crippen MR) is 107 cm³/mol. The summed E-state index contributed by atoms with van der Waals surface area (Å²) in [6.45, 7) is 1.41. The fraction of sp³-hybridized carbons (Fsp3) is 0.391. The van der Waals surface area contributed by atoms with Crippen molar-refractivity contribution in [3.8, 4) is 5.75 Å². The van der Waals surface area contributed by atoms with E-state index in [1.165, 1.54) is 6.07 Å². The smallest absolute Gasteiger partial charge is 0.256 e. The third-order valence-corrected chi connectivity index (χ3v) is 5.48. The first kappa shape index (κ1) is 20.3. The lowest BCUT2D eigenvalue weighted by atomic mass is 9.98. The molecule has 0 bridgehead atoms. The van der Waals surface area contributed by atoms with Crippen molar-refractivity contribution in [2.75, 3.05) is 19.7 Å². The normalized spacial score (nSPS) is 18.7. The molecule has 2 fully saturated rings. The van der Waals surface area contributed by atoms with Crippen LogP contribution in [0.15, 0.2) is 42.5 Å². The monoisotopic (exact) mass is 414 g/mol. The zero-order chi connectivity index (χ0) is 21.1. The number of hydrogen-bond acceptors (Lipinski definition) is 3. The lowest BCUT2D eigenvalue weighted by Crippen LogP contribution is -2.41. The highest BCUT2D eigenvalue weighted by Crippen LogP contribution is 2.23. The van der Waals surface area contributed by atoms with Crippen molar-refractivity contribution in [2.24, 2.45) is 5.92 Å². The first-order chi connectivity index (χ1) is 14.5. The number of rotatable bonds is 6. The molecule has 1 N–H and O–H groups in total. The number of likely N-dealkylation sites (tertiary alicyclic amines) is 1. The molecule has 0 unspecified atom stereocenters. The van der Waals surface area contributed by atoms with E-state index in [1.807, 2.05) is 0 Å². The van der Waals surface area contributed by atoms with Gasteiger partial charge in [0.25, 0.3) is 11.8 Å². The van der Waals surface area contributed by atoms with Gasteiger partial charge in [0.15, 0.2) is 0 Å². The topological polar surface area (TPSA) is 58.6 Å². The van der Waals surface area contributed by atoms with E-state index in [9.17, 15) is 18.4 Å². The molecule has 0 spiro atoms. The SMILES string of the molecule is O=C(NC1CC1)c1ccc(OC[C@@H]2CCCN(C(=O)c3ccc(F)cc3F)C2)cc1. The van der Waals surface area contributed by atoms with Crippen LogP contribution >= 0.6 is 0 Å². The highest BCUT2D eigenvalue weighted by Gasteiger charge is 2.27. The number of carbonyl (C=O) groups is 2. The number of nitrogens with zero attached hydrogens (tertiary/aromatic N) is 1. The van der Waals surface area contributed by atoms with E-state index in [0.717, 1.165) is 37.8 Å². The molecular weight excluding hydrogens is 390 g/mol. The zero-order valence-corrected chi connectivity index (χ0v) is 16.6. The van der Waals surface area contributed by atoms with Crippen molar-refractivity contribution in [3.63, 3.8) is 0 Å². The van der Waals surface area contributed by atoms with Gasteiger partial charge in [0, 0.05) is 36.7 Å². The highest BCUT2D eigenvalue weighted by molar-refractivity contribution is 5.95. The summed E-state index contributed by atoms with van der Waals surface area (Å²) in [6, 6.07) is 10.3. The molecule has 1 aliphatic heterocycles. The van der Waals surface area contributed by atoms with Crippen molar-refractivity contribution in [2.45, 2.75) is 31.7 Å². The standard InChI is InChI=1S/C23H24F2N2O3/c24-17-5-10-20(21(25)12-17)23(29)27-11-1-2-15(13-27)14-30-19-8-3-16(4-9-19)22(28)26-18-6-7-18/h3-5,8-10,12,15,18H,1-2,6-7,11,13-14H2,(H,26,28)/t15-/m1/s1. The molecule has 1 aliphatic carbocycles. The van der Waals surface area contributed by atoms with Crippen LogP contribution in [0.2, 0.25) is 0 Å². The number of nitrogens with one attached hydrogen (secondary N) is 1. The number of hydrogen-bond donors (Lipinski definition) is 1. The Labute approximate surface area is 174 Å². The average molecular weight is 414 g/mol. The molecule has 0 radical (unpaired) electrons. The molecule has 7 heteroatoms. The maximum atomic E-state index is 13.9. The molecule has 5 nitrogen and oxygen atoms in total. The number of piperidine rings is 1. The molecule has 30 heavy (non-hydrogen) atoms. The van der Waals surface area contributed by atoms with Crippen LogP contribution in [0.3, 0.4) is 0 Å². The van der Waals surface area contributed by atoms with Crippen LogP contribution in [0.1, 0.15) is 46.4 Å². The van der Waals surface area contributed by atoms with Crippen LogP contribution in [-0.4, -0.2) is 42.5 Å². The fourth-order valence-corrected chi connectivity index (χ4v) is 3.63. The van der Waals surface area contributed by atoms with E-state index in [2.05, 4.69) is 5.32 Å². The lowest BCUT2D eigenvalue weighted by molar-refractivity contribution is 0.0628. The number of amides is 2. The van der Waals surface area contributed by atoms with Gasteiger partial charge in [0.1, 0.15) is 17.4 Å². The van der Waals surface area contributed by atoms with Crippen LogP contribution < -0.4 is 10.1 Å². The first-order valence-electron chi connectivity index (χ1n) is 10.3. The Morgan fingerprint density at radius 3 is 2.53 bits per heavy atom. The van der Waals surface area contributed by atoms with Crippen LogP contribution in [-0.2, 0) is 0 Å². The van der Waals surface area contributed by atoms with E-state index >= 15 is 0 Å². The minimum Gasteiger partial charge on any atom is -0.493 e. The van der Waals surface area contributed by atoms with Gasteiger partial charge in [0.05, 0.1) is 12.2 Å². The fourth-order valence-electron chi connectivity index (χ4n) is 3.63. The van der Waals surface area contributed by atoms with Crippen molar-refractivity contribution < 1.29 is 23.1 Å². The minimum atomic E-state index is -0.843. The van der Waals surface area contributed by atoms with Gasteiger partial charge in [-0.05, 0) is 62.1 Å². The molecule has 1 atom stereocenters. The maximum Gasteiger partial charge on any atom is 0.256 e. The Morgan fingerprint density at radius 2 is 1.83 bits per heavy atom. The summed E-state index contributed by atoms with van der Waals surface area (Å²) >= 11 is 0. The quantitative estimate of drug-likeness (QED) is 0.783. The van der Waals surface area contributed by atoms with Gasteiger partial charge in [-0.1, -0.05) is 0 Å². The second-order valence-electron chi connectivity index (χ2n) is 7.97. The Morgan fingerprint density at radius 1 is 1.07 bits per heavy atom. The van der Waals surface area contributed by atoms with Crippen molar-refractivity contribution in [1.29, 1.82) is 0 Å². The van der Waals surface area contributed by atoms with Crippen LogP contribution in [0.25, 0.3) is 0 Å². The van der Waals surface area contributed by atoms with E-state index in [4.69, 9.17) is 4.74 Å². The van der Waals surface area contributed by atoms with Gasteiger partial charge < -0.3 is 15.0 Å². The maximum absolute atomic E-state index is 13.9. The zero-order valence-electron chi connectivity index (χ0n) is 16.6. The molecule has 158 valence electrons. The second kappa shape index (κ2) is 8.81. The molecule has 2 aromatic rings. The summed E-state index contributed by atoms with van der Waals surface area (Å²) in [7, 11) is 0. The number of ether oxygens (including phenoxy) is 1. The van der Waals surface area contributed by atoms with Gasteiger partial charge in [-0.2, -0.15) is 0 Å². The van der Waals surface area contributed by atoms with E-state index in [1.54, 1.807) is 29.2 Å². The van der Waals surface area contributed by atoms with Crippen LogP contribution in [0.5, 0.6) is 5.75 Å². The summed E-state index contributed by atoms with van der Waals surface area (Å²) in [6.07, 6.45) is 3.78. The Kier molecular flexibility index (Phi) is 5.97. The molecular formula is C23H24F2N2O3. The average Bonchev–Trinajstić information content (AvgIpc) is 3.56. The molecule has 4 rings (SSSR count). The highest BCUT2D eigenvalue weighted by atomic mass is 19.1. The molecule has 0 aromatic heterocycles. The van der Waals surface area contributed by atoms with Gasteiger partial charge in [-0.15, -0.1) is 0 Å². The lowest BCUT2D eigenvalue weighted by Gasteiger charge is -2.32. The molecule has 1 saturated heterocycles.